The van der Waals surface area contributed by atoms with Crippen molar-refractivity contribution >= 4 is 29.9 Å². The monoisotopic (exact) mass is 434 g/mol. The summed E-state index contributed by atoms with van der Waals surface area (Å²) in [6, 6.07) is 14.9. The van der Waals surface area contributed by atoms with Gasteiger partial charge in [-0.25, -0.2) is 0 Å². The van der Waals surface area contributed by atoms with Crippen LogP contribution in [-0.2, 0) is 17.6 Å². The number of ether oxygens (including phenoxy) is 1. The van der Waals surface area contributed by atoms with Crippen molar-refractivity contribution in [1.29, 1.82) is 0 Å². The van der Waals surface area contributed by atoms with E-state index in [9.17, 15) is 4.79 Å². The van der Waals surface area contributed by atoms with E-state index in [1.807, 2.05) is 18.2 Å². The van der Waals surface area contributed by atoms with E-state index in [-0.39, 0.29) is 19.0 Å². The molecule has 1 heterocycles. The first-order valence-electron chi connectivity index (χ1n) is 10.1. The maximum Gasteiger partial charge on any atom is 0.255 e. The van der Waals surface area contributed by atoms with Gasteiger partial charge in [0.2, 0.25) is 0 Å². The van der Waals surface area contributed by atoms with Crippen molar-refractivity contribution in [2.24, 2.45) is 5.73 Å². The van der Waals surface area contributed by atoms with Crippen LogP contribution in [0.3, 0.4) is 0 Å². The molecule has 0 spiro atoms. The molecule has 4 nitrogen and oxygen atoms in total. The highest BCUT2D eigenvalue weighted by Gasteiger charge is 2.35. The van der Waals surface area contributed by atoms with Crippen molar-refractivity contribution in [3.8, 4) is 5.75 Å². The first-order valence-corrected chi connectivity index (χ1v) is 10.5. The summed E-state index contributed by atoms with van der Waals surface area (Å²) in [5.41, 5.74) is 9.13. The minimum Gasteiger partial charge on any atom is -0.484 e. The molecule has 1 aliphatic carbocycles. The number of primary amides is 1. The number of aryl methyl sites for hydroxylation is 1. The molecule has 0 aromatic heterocycles. The molecule has 2 aromatic rings. The van der Waals surface area contributed by atoms with E-state index in [1.54, 1.807) is 0 Å². The van der Waals surface area contributed by atoms with Gasteiger partial charge in [-0.2, -0.15) is 0 Å². The highest BCUT2D eigenvalue weighted by Crippen LogP contribution is 2.40. The van der Waals surface area contributed by atoms with Crippen LogP contribution in [-0.4, -0.2) is 36.5 Å². The second-order valence-corrected chi connectivity index (χ2v) is 8.27. The van der Waals surface area contributed by atoms with Crippen molar-refractivity contribution in [3.63, 3.8) is 0 Å². The zero-order chi connectivity index (χ0) is 19.5. The van der Waals surface area contributed by atoms with Crippen molar-refractivity contribution in [2.45, 2.75) is 44.1 Å². The number of rotatable bonds is 6. The predicted molar refractivity (Wildman–Crippen MR) is 119 cm³/mol. The third-order valence-corrected chi connectivity index (χ3v) is 6.45. The number of halogens is 2. The van der Waals surface area contributed by atoms with Gasteiger partial charge in [0.1, 0.15) is 5.75 Å². The molecule has 2 N–H and O–H groups in total. The van der Waals surface area contributed by atoms with Crippen LogP contribution >= 0.6 is 24.0 Å². The van der Waals surface area contributed by atoms with Crippen molar-refractivity contribution in [3.05, 3.63) is 64.2 Å². The molecule has 1 amide bonds. The Balaban J connectivity index is 0.00000240. The van der Waals surface area contributed by atoms with Gasteiger partial charge in [0.15, 0.2) is 6.61 Å². The van der Waals surface area contributed by atoms with Gasteiger partial charge in [-0.3, -0.25) is 9.69 Å². The normalized spacial score (nSPS) is 21.3. The maximum atomic E-state index is 11.1. The summed E-state index contributed by atoms with van der Waals surface area (Å²) in [5.74, 6) is 0.614. The first-order chi connectivity index (χ1) is 13.6. The summed E-state index contributed by atoms with van der Waals surface area (Å²) in [6.07, 6.45) is 5.72. The van der Waals surface area contributed by atoms with Crippen LogP contribution in [0.1, 0.15) is 41.9 Å². The quantitative estimate of drug-likeness (QED) is 0.734. The van der Waals surface area contributed by atoms with E-state index in [2.05, 4.69) is 29.2 Å². The van der Waals surface area contributed by atoms with Gasteiger partial charge >= 0.3 is 0 Å². The lowest BCUT2D eigenvalue weighted by atomic mass is 9.75. The molecular formula is C23H28Cl2N2O2. The third-order valence-electron chi connectivity index (χ3n) is 6.08. The van der Waals surface area contributed by atoms with Gasteiger partial charge in [-0.1, -0.05) is 35.9 Å². The highest BCUT2D eigenvalue weighted by molar-refractivity contribution is 6.31. The second-order valence-electron chi connectivity index (χ2n) is 7.87. The largest absolute Gasteiger partial charge is 0.484 e. The van der Waals surface area contributed by atoms with Crippen LogP contribution in [0.4, 0.5) is 0 Å². The Kier molecular flexibility index (Phi) is 7.44. The standard InChI is InChI=1S/C23H27ClN2O2.ClH/c24-21-6-2-1-5-17(21)13-20-19-14-18(28-15-23(25)27)9-7-16(19)8-10-22(20)26-11-3-4-12-26;/h1-2,5-7,9,14,20,22H,3-4,8,10-13,15H2,(H2,25,27);1H. The first kappa shape index (κ1) is 21.9. The average molecular weight is 435 g/mol. The predicted octanol–water partition coefficient (Wildman–Crippen LogP) is 4.36. The Morgan fingerprint density at radius 2 is 1.93 bits per heavy atom. The number of hydrogen-bond acceptors (Lipinski definition) is 3. The highest BCUT2D eigenvalue weighted by atomic mass is 35.5. The van der Waals surface area contributed by atoms with Crippen LogP contribution < -0.4 is 10.5 Å². The van der Waals surface area contributed by atoms with Gasteiger partial charge < -0.3 is 10.5 Å². The number of likely N-dealkylation sites (tertiary alicyclic amines) is 1. The Morgan fingerprint density at radius 3 is 2.66 bits per heavy atom. The van der Waals surface area contributed by atoms with E-state index < -0.39 is 5.91 Å². The molecule has 0 bridgehead atoms. The minimum atomic E-state index is -0.458. The third kappa shape index (κ3) is 5.06. The molecule has 29 heavy (non-hydrogen) atoms. The molecule has 2 atom stereocenters. The van der Waals surface area contributed by atoms with Crippen LogP contribution in [0.5, 0.6) is 5.75 Å². The lowest BCUT2D eigenvalue weighted by Crippen LogP contribution is -2.41. The lowest BCUT2D eigenvalue weighted by Gasteiger charge is -2.39. The van der Waals surface area contributed by atoms with E-state index in [0.29, 0.717) is 17.7 Å². The summed E-state index contributed by atoms with van der Waals surface area (Å²) in [5, 5.41) is 0.830. The van der Waals surface area contributed by atoms with Gasteiger partial charge in [0, 0.05) is 17.0 Å². The number of nitrogens with two attached hydrogens (primary N) is 1. The zero-order valence-electron chi connectivity index (χ0n) is 16.5. The molecule has 1 saturated heterocycles. The summed E-state index contributed by atoms with van der Waals surface area (Å²) < 4.78 is 5.60. The Hall–Kier alpha value is -1.75. The molecule has 0 saturated carbocycles. The molecule has 2 aromatic carbocycles. The van der Waals surface area contributed by atoms with Gasteiger partial charge in [-0.05, 0) is 80.1 Å². The lowest BCUT2D eigenvalue weighted by molar-refractivity contribution is -0.119. The topological polar surface area (TPSA) is 55.6 Å². The molecule has 1 fully saturated rings. The smallest absolute Gasteiger partial charge is 0.255 e. The number of fused-ring (bicyclic) bond motifs is 1. The van der Waals surface area contributed by atoms with Crippen LogP contribution in [0.25, 0.3) is 0 Å². The number of benzene rings is 2. The van der Waals surface area contributed by atoms with E-state index >= 15 is 0 Å². The fourth-order valence-corrected chi connectivity index (χ4v) is 4.97. The second kappa shape index (κ2) is 9.84. The summed E-state index contributed by atoms with van der Waals surface area (Å²) in [6.45, 7) is 2.26. The molecule has 2 aliphatic rings. The molecule has 2 unspecified atom stereocenters. The number of hydrogen-bond donors (Lipinski definition) is 1. The summed E-state index contributed by atoms with van der Waals surface area (Å²) >= 11 is 6.50. The van der Waals surface area contributed by atoms with Crippen molar-refractivity contribution in [2.75, 3.05) is 19.7 Å². The van der Waals surface area contributed by atoms with Crippen LogP contribution in [0.2, 0.25) is 5.02 Å². The van der Waals surface area contributed by atoms with Gasteiger partial charge in [0.25, 0.3) is 5.91 Å². The molecule has 6 heteroatoms. The Labute approximate surface area is 183 Å². The summed E-state index contributed by atoms with van der Waals surface area (Å²) in [7, 11) is 0. The number of nitrogens with zero attached hydrogens (tertiary/aromatic N) is 1. The van der Waals surface area contributed by atoms with E-state index in [1.165, 1.54) is 49.0 Å². The van der Waals surface area contributed by atoms with E-state index in [0.717, 1.165) is 17.9 Å². The van der Waals surface area contributed by atoms with Crippen LogP contribution in [0, 0.1) is 0 Å². The molecule has 156 valence electrons. The molecule has 4 rings (SSSR count). The van der Waals surface area contributed by atoms with Gasteiger partial charge in [0.05, 0.1) is 0 Å². The molecular weight excluding hydrogens is 407 g/mol. The SMILES string of the molecule is Cl.NC(=O)COc1ccc2c(c1)C(Cc1ccccc1Cl)C(N1CCCC1)CC2. The Bertz CT molecular complexity index is 853. The van der Waals surface area contributed by atoms with Crippen LogP contribution in [0.15, 0.2) is 42.5 Å². The minimum absolute atomic E-state index is 0. The summed E-state index contributed by atoms with van der Waals surface area (Å²) in [4.78, 5) is 13.8. The maximum absolute atomic E-state index is 11.1. The van der Waals surface area contributed by atoms with Crippen molar-refractivity contribution in [1.82, 2.24) is 4.90 Å². The van der Waals surface area contributed by atoms with Crippen molar-refractivity contribution < 1.29 is 9.53 Å². The number of carbonyl (C=O) groups is 1. The fraction of sp³-hybridized carbons (Fsp3) is 0.435. The molecule has 1 aliphatic heterocycles. The van der Waals surface area contributed by atoms with E-state index in [4.69, 9.17) is 22.1 Å². The average Bonchev–Trinajstić information content (AvgIpc) is 3.22. The Morgan fingerprint density at radius 1 is 1.17 bits per heavy atom. The fourth-order valence-electron chi connectivity index (χ4n) is 4.76. The zero-order valence-corrected chi connectivity index (χ0v) is 18.1. The van der Waals surface area contributed by atoms with Gasteiger partial charge in [-0.15, -0.1) is 12.4 Å². The molecule has 0 radical (unpaired) electrons. The number of carbonyl (C=O) groups excluding carboxylic acids is 1. The number of amides is 1.